The fraction of sp³-hybridized carbons (Fsp3) is 0.0500. The average Bonchev–Trinajstić information content (AvgIpc) is 2.88. The lowest BCUT2D eigenvalue weighted by molar-refractivity contribution is 0.100. The Bertz CT molecular complexity index is 1110. The number of halogens is 2. The molecular formula is C20H14Cl2N2O. The van der Waals surface area contributed by atoms with Crippen LogP contribution in [0.3, 0.4) is 0 Å². The smallest absolute Gasteiger partial charge is 0.249 e. The molecule has 0 saturated carbocycles. The maximum atomic E-state index is 11.9. The summed E-state index contributed by atoms with van der Waals surface area (Å²) in [5, 5.41) is 3.07. The maximum absolute atomic E-state index is 11.9. The lowest BCUT2D eigenvalue weighted by Crippen LogP contribution is -2.11. The third-order valence-electron chi connectivity index (χ3n) is 4.33. The third-order valence-corrected chi connectivity index (χ3v) is 4.76. The van der Waals surface area contributed by atoms with E-state index in [2.05, 4.69) is 4.57 Å². The molecule has 0 aliphatic carbocycles. The summed E-state index contributed by atoms with van der Waals surface area (Å²) >= 11 is 12.3. The predicted octanol–water partition coefficient (Wildman–Crippen LogP) is 5.25. The van der Waals surface area contributed by atoms with E-state index in [1.807, 2.05) is 48.5 Å². The molecular weight excluding hydrogens is 355 g/mol. The molecule has 4 rings (SSSR count). The summed E-state index contributed by atoms with van der Waals surface area (Å²) < 4.78 is 2.15. The third kappa shape index (κ3) is 2.76. The molecule has 25 heavy (non-hydrogen) atoms. The van der Waals surface area contributed by atoms with Crippen LogP contribution in [0.5, 0.6) is 0 Å². The topological polar surface area (TPSA) is 48.0 Å². The van der Waals surface area contributed by atoms with Crippen LogP contribution in [-0.4, -0.2) is 10.5 Å². The molecule has 5 heteroatoms. The molecule has 4 aromatic rings. The highest BCUT2D eigenvalue weighted by molar-refractivity contribution is 6.34. The van der Waals surface area contributed by atoms with Gasteiger partial charge < -0.3 is 10.3 Å². The number of hydrogen-bond donors (Lipinski definition) is 1. The van der Waals surface area contributed by atoms with Crippen LogP contribution in [0.2, 0.25) is 10.0 Å². The molecule has 1 aromatic heterocycles. The van der Waals surface area contributed by atoms with Crippen LogP contribution in [0.15, 0.2) is 60.7 Å². The molecule has 0 radical (unpaired) electrons. The van der Waals surface area contributed by atoms with Crippen molar-refractivity contribution in [3.63, 3.8) is 0 Å². The molecule has 0 saturated heterocycles. The quantitative estimate of drug-likeness (QED) is 0.527. The Kier molecular flexibility index (Phi) is 3.91. The van der Waals surface area contributed by atoms with Gasteiger partial charge in [-0.25, -0.2) is 0 Å². The van der Waals surface area contributed by atoms with Gasteiger partial charge in [-0.1, -0.05) is 47.5 Å². The number of amides is 1. The number of nitrogens with two attached hydrogens (primary N) is 1. The SMILES string of the molecule is NC(=O)c1cccc2c1c1ccccc1n2Cc1cc(Cl)cc(Cl)c1. The first kappa shape index (κ1) is 16.0. The number of para-hydroxylation sites is 1. The summed E-state index contributed by atoms with van der Waals surface area (Å²) in [6.45, 7) is 0.590. The van der Waals surface area contributed by atoms with E-state index in [4.69, 9.17) is 28.9 Å². The molecule has 3 nitrogen and oxygen atoms in total. The van der Waals surface area contributed by atoms with Crippen molar-refractivity contribution in [1.29, 1.82) is 0 Å². The highest BCUT2D eigenvalue weighted by Gasteiger charge is 2.16. The van der Waals surface area contributed by atoms with E-state index in [9.17, 15) is 4.79 Å². The van der Waals surface area contributed by atoms with Crippen molar-refractivity contribution in [1.82, 2.24) is 4.57 Å². The summed E-state index contributed by atoms with van der Waals surface area (Å²) in [4.78, 5) is 11.9. The number of aromatic nitrogens is 1. The lowest BCUT2D eigenvalue weighted by Gasteiger charge is -2.09. The maximum Gasteiger partial charge on any atom is 0.249 e. The molecule has 0 spiro atoms. The summed E-state index contributed by atoms with van der Waals surface area (Å²) in [5.41, 5.74) is 9.09. The predicted molar refractivity (Wildman–Crippen MR) is 104 cm³/mol. The van der Waals surface area contributed by atoms with Crippen LogP contribution < -0.4 is 5.73 Å². The molecule has 2 N–H and O–H groups in total. The molecule has 1 amide bonds. The number of nitrogens with zero attached hydrogens (tertiary/aromatic N) is 1. The first-order valence-electron chi connectivity index (χ1n) is 7.79. The van der Waals surface area contributed by atoms with E-state index in [0.29, 0.717) is 22.2 Å². The molecule has 124 valence electrons. The van der Waals surface area contributed by atoms with Crippen LogP contribution in [0.4, 0.5) is 0 Å². The van der Waals surface area contributed by atoms with Gasteiger partial charge in [0.1, 0.15) is 0 Å². The number of primary amides is 1. The van der Waals surface area contributed by atoms with E-state index >= 15 is 0 Å². The van der Waals surface area contributed by atoms with Crippen LogP contribution in [0.1, 0.15) is 15.9 Å². The van der Waals surface area contributed by atoms with Gasteiger partial charge in [-0.2, -0.15) is 0 Å². The fourth-order valence-electron chi connectivity index (χ4n) is 3.36. The van der Waals surface area contributed by atoms with Gasteiger partial charge in [0.05, 0.1) is 5.52 Å². The van der Waals surface area contributed by atoms with Gasteiger partial charge in [0.15, 0.2) is 0 Å². The van der Waals surface area contributed by atoms with E-state index in [0.717, 1.165) is 27.4 Å². The lowest BCUT2D eigenvalue weighted by atomic mass is 10.1. The number of carbonyl (C=O) groups excluding carboxylic acids is 1. The Labute approximate surface area is 154 Å². The average molecular weight is 369 g/mol. The van der Waals surface area contributed by atoms with Crippen LogP contribution in [0.25, 0.3) is 21.8 Å². The van der Waals surface area contributed by atoms with Crippen molar-refractivity contribution < 1.29 is 4.79 Å². The number of fused-ring (bicyclic) bond motifs is 3. The van der Waals surface area contributed by atoms with Gasteiger partial charge in [-0.15, -0.1) is 0 Å². The second kappa shape index (κ2) is 6.10. The Morgan fingerprint density at radius 2 is 1.60 bits per heavy atom. The van der Waals surface area contributed by atoms with Gasteiger partial charge >= 0.3 is 0 Å². The van der Waals surface area contributed by atoms with Crippen molar-refractivity contribution in [2.75, 3.05) is 0 Å². The molecule has 0 bridgehead atoms. The Balaban J connectivity index is 2.02. The van der Waals surface area contributed by atoms with Crippen molar-refractivity contribution in [3.05, 3.63) is 81.8 Å². The minimum atomic E-state index is -0.431. The van der Waals surface area contributed by atoms with E-state index in [1.54, 1.807) is 12.1 Å². The second-order valence-electron chi connectivity index (χ2n) is 5.94. The molecule has 0 atom stereocenters. The van der Waals surface area contributed by atoms with Gasteiger partial charge in [-0.05, 0) is 42.0 Å². The zero-order valence-electron chi connectivity index (χ0n) is 13.2. The minimum absolute atomic E-state index is 0.431. The van der Waals surface area contributed by atoms with Crippen molar-refractivity contribution in [3.8, 4) is 0 Å². The molecule has 0 aliphatic rings. The molecule has 1 heterocycles. The summed E-state index contributed by atoms with van der Waals surface area (Å²) in [7, 11) is 0. The van der Waals surface area contributed by atoms with Gasteiger partial charge in [0.2, 0.25) is 5.91 Å². The van der Waals surface area contributed by atoms with Crippen LogP contribution in [-0.2, 0) is 6.54 Å². The molecule has 0 fully saturated rings. The first-order chi connectivity index (χ1) is 12.0. The minimum Gasteiger partial charge on any atom is -0.366 e. The number of carbonyl (C=O) groups is 1. The Morgan fingerprint density at radius 3 is 2.32 bits per heavy atom. The summed E-state index contributed by atoms with van der Waals surface area (Å²) in [6.07, 6.45) is 0. The number of benzene rings is 3. The van der Waals surface area contributed by atoms with E-state index < -0.39 is 5.91 Å². The zero-order chi connectivity index (χ0) is 17.6. The monoisotopic (exact) mass is 368 g/mol. The Hall–Kier alpha value is -2.49. The first-order valence-corrected chi connectivity index (χ1v) is 8.55. The number of hydrogen-bond acceptors (Lipinski definition) is 1. The molecule has 0 aliphatic heterocycles. The molecule has 0 unspecified atom stereocenters. The second-order valence-corrected chi connectivity index (χ2v) is 6.82. The van der Waals surface area contributed by atoms with Gasteiger partial charge in [-0.3, -0.25) is 4.79 Å². The fourth-order valence-corrected chi connectivity index (χ4v) is 3.93. The Morgan fingerprint density at radius 1 is 0.920 bits per heavy atom. The standard InChI is InChI=1S/C20H14Cl2N2O/c21-13-8-12(9-14(22)10-13)11-24-17-6-2-1-4-15(17)19-16(20(23)25)5-3-7-18(19)24/h1-10H,11H2,(H2,23,25). The van der Waals surface area contributed by atoms with Crippen LogP contribution in [0, 0.1) is 0 Å². The normalized spacial score (nSPS) is 11.3. The number of rotatable bonds is 3. The highest BCUT2D eigenvalue weighted by Crippen LogP contribution is 2.32. The highest BCUT2D eigenvalue weighted by atomic mass is 35.5. The summed E-state index contributed by atoms with van der Waals surface area (Å²) in [5.74, 6) is -0.431. The van der Waals surface area contributed by atoms with Crippen molar-refractivity contribution >= 4 is 50.9 Å². The van der Waals surface area contributed by atoms with Crippen molar-refractivity contribution in [2.45, 2.75) is 6.54 Å². The van der Waals surface area contributed by atoms with E-state index in [1.165, 1.54) is 0 Å². The summed E-state index contributed by atoms with van der Waals surface area (Å²) in [6, 6.07) is 19.1. The van der Waals surface area contributed by atoms with Crippen LogP contribution >= 0.6 is 23.2 Å². The molecule has 3 aromatic carbocycles. The van der Waals surface area contributed by atoms with Gasteiger partial charge in [0.25, 0.3) is 0 Å². The zero-order valence-corrected chi connectivity index (χ0v) is 14.7. The van der Waals surface area contributed by atoms with E-state index in [-0.39, 0.29) is 0 Å². The van der Waals surface area contributed by atoms with Crippen molar-refractivity contribution in [2.24, 2.45) is 5.73 Å². The largest absolute Gasteiger partial charge is 0.366 e. The van der Waals surface area contributed by atoms with Gasteiger partial charge in [0, 0.05) is 38.4 Å².